The average Bonchev–Trinajstić information content (AvgIpc) is 2.38. The second-order valence-electron chi connectivity index (χ2n) is 5.66. The highest BCUT2D eigenvalue weighted by Gasteiger charge is 2.23. The molecule has 3 heteroatoms. The van der Waals surface area contributed by atoms with Crippen molar-refractivity contribution in [2.24, 2.45) is 0 Å². The maximum absolute atomic E-state index is 5.72. The molecule has 3 atom stereocenters. The Hall–Kier alpha value is -0.120. The summed E-state index contributed by atoms with van der Waals surface area (Å²) in [6.45, 7) is 5.61. The standard InChI is InChI=1S/C14H28N2O/c1-3-14-10-12(7-9-17-14)15-11-13-6-4-5-8-16(13)2/h12-15H,3-11H2,1-2H3. The van der Waals surface area contributed by atoms with Crippen molar-refractivity contribution in [2.75, 3.05) is 26.7 Å². The molecule has 0 spiro atoms. The fourth-order valence-corrected chi connectivity index (χ4v) is 3.05. The summed E-state index contributed by atoms with van der Waals surface area (Å²) < 4.78 is 5.72. The summed E-state index contributed by atoms with van der Waals surface area (Å²) in [5.74, 6) is 0. The summed E-state index contributed by atoms with van der Waals surface area (Å²) in [4.78, 5) is 2.52. The highest BCUT2D eigenvalue weighted by Crippen LogP contribution is 2.18. The molecule has 2 aliphatic heterocycles. The SMILES string of the molecule is CCC1CC(NCC2CCCCN2C)CCO1. The summed E-state index contributed by atoms with van der Waals surface area (Å²) in [7, 11) is 2.27. The Morgan fingerprint density at radius 2 is 2.18 bits per heavy atom. The van der Waals surface area contributed by atoms with Gasteiger partial charge in [-0.15, -0.1) is 0 Å². The molecule has 0 amide bonds. The van der Waals surface area contributed by atoms with E-state index in [1.807, 2.05) is 0 Å². The molecule has 2 aliphatic rings. The minimum Gasteiger partial charge on any atom is -0.378 e. The molecule has 0 bridgehead atoms. The molecule has 100 valence electrons. The van der Waals surface area contributed by atoms with E-state index >= 15 is 0 Å². The lowest BCUT2D eigenvalue weighted by Gasteiger charge is -2.35. The number of hydrogen-bond donors (Lipinski definition) is 1. The van der Waals surface area contributed by atoms with Crippen molar-refractivity contribution in [1.29, 1.82) is 0 Å². The van der Waals surface area contributed by atoms with Crippen molar-refractivity contribution in [3.63, 3.8) is 0 Å². The largest absolute Gasteiger partial charge is 0.378 e. The molecular formula is C14H28N2O. The van der Waals surface area contributed by atoms with Crippen molar-refractivity contribution in [3.05, 3.63) is 0 Å². The van der Waals surface area contributed by atoms with Crippen LogP contribution in [0.1, 0.15) is 45.4 Å². The van der Waals surface area contributed by atoms with E-state index in [0.29, 0.717) is 12.1 Å². The van der Waals surface area contributed by atoms with Crippen LogP contribution in [0.2, 0.25) is 0 Å². The van der Waals surface area contributed by atoms with Crippen molar-refractivity contribution in [3.8, 4) is 0 Å². The van der Waals surface area contributed by atoms with Crippen molar-refractivity contribution < 1.29 is 4.74 Å². The molecule has 3 nitrogen and oxygen atoms in total. The summed E-state index contributed by atoms with van der Waals surface area (Å²) in [6.07, 6.45) is 8.18. The zero-order chi connectivity index (χ0) is 12.1. The predicted octanol–water partition coefficient (Wildman–Crippen LogP) is 2.02. The zero-order valence-electron chi connectivity index (χ0n) is 11.5. The fraction of sp³-hybridized carbons (Fsp3) is 1.00. The van der Waals surface area contributed by atoms with Gasteiger partial charge in [-0.25, -0.2) is 0 Å². The van der Waals surface area contributed by atoms with Crippen LogP contribution >= 0.6 is 0 Å². The Kier molecular flexibility index (Phi) is 5.26. The fourth-order valence-electron chi connectivity index (χ4n) is 3.05. The lowest BCUT2D eigenvalue weighted by Crippen LogP contribution is -2.47. The van der Waals surface area contributed by atoms with Crippen LogP contribution in [-0.4, -0.2) is 49.8 Å². The Bertz CT molecular complexity index is 222. The van der Waals surface area contributed by atoms with Crippen LogP contribution in [-0.2, 0) is 4.74 Å². The van der Waals surface area contributed by atoms with E-state index in [2.05, 4.69) is 24.2 Å². The number of ether oxygens (including phenoxy) is 1. The van der Waals surface area contributed by atoms with Gasteiger partial charge < -0.3 is 15.0 Å². The molecular weight excluding hydrogens is 212 g/mol. The third-order valence-corrected chi connectivity index (χ3v) is 4.39. The molecule has 1 N–H and O–H groups in total. The molecule has 0 aromatic carbocycles. The van der Waals surface area contributed by atoms with E-state index in [9.17, 15) is 0 Å². The Balaban J connectivity index is 1.69. The number of piperidine rings is 1. The van der Waals surface area contributed by atoms with Crippen LogP contribution in [0.15, 0.2) is 0 Å². The van der Waals surface area contributed by atoms with E-state index in [0.717, 1.165) is 25.6 Å². The minimum absolute atomic E-state index is 0.491. The van der Waals surface area contributed by atoms with Gasteiger partial charge in [-0.2, -0.15) is 0 Å². The van der Waals surface area contributed by atoms with E-state index < -0.39 is 0 Å². The van der Waals surface area contributed by atoms with E-state index in [-0.39, 0.29) is 0 Å². The second-order valence-corrected chi connectivity index (χ2v) is 5.66. The summed E-state index contributed by atoms with van der Waals surface area (Å²) in [5.41, 5.74) is 0. The van der Waals surface area contributed by atoms with E-state index in [1.54, 1.807) is 0 Å². The van der Waals surface area contributed by atoms with Gasteiger partial charge in [-0.3, -0.25) is 0 Å². The molecule has 3 unspecified atom stereocenters. The predicted molar refractivity (Wildman–Crippen MR) is 71.3 cm³/mol. The topological polar surface area (TPSA) is 24.5 Å². The Morgan fingerprint density at radius 3 is 2.94 bits per heavy atom. The molecule has 0 radical (unpaired) electrons. The number of hydrogen-bond acceptors (Lipinski definition) is 3. The lowest BCUT2D eigenvalue weighted by molar-refractivity contribution is -0.00138. The van der Waals surface area contributed by atoms with Gasteiger partial charge in [0.15, 0.2) is 0 Å². The normalized spacial score (nSPS) is 36.0. The van der Waals surface area contributed by atoms with Crippen LogP contribution in [0.3, 0.4) is 0 Å². The molecule has 2 saturated heterocycles. The molecule has 2 fully saturated rings. The smallest absolute Gasteiger partial charge is 0.0587 e. The molecule has 0 aromatic heterocycles. The zero-order valence-corrected chi connectivity index (χ0v) is 11.5. The highest BCUT2D eigenvalue weighted by molar-refractivity contribution is 4.81. The maximum atomic E-state index is 5.72. The van der Waals surface area contributed by atoms with Gasteiger partial charge in [-0.05, 0) is 45.7 Å². The third-order valence-electron chi connectivity index (χ3n) is 4.39. The summed E-state index contributed by atoms with van der Waals surface area (Å²) in [6, 6.07) is 1.44. The van der Waals surface area contributed by atoms with Crippen LogP contribution in [0.4, 0.5) is 0 Å². The van der Waals surface area contributed by atoms with E-state index in [1.165, 1.54) is 38.6 Å². The van der Waals surface area contributed by atoms with Gasteiger partial charge in [0.25, 0.3) is 0 Å². The van der Waals surface area contributed by atoms with E-state index in [4.69, 9.17) is 4.74 Å². The van der Waals surface area contributed by atoms with Crippen LogP contribution in [0.25, 0.3) is 0 Å². The Labute approximate surface area is 106 Å². The molecule has 2 heterocycles. The molecule has 0 saturated carbocycles. The van der Waals surface area contributed by atoms with Gasteiger partial charge >= 0.3 is 0 Å². The van der Waals surface area contributed by atoms with Crippen molar-refractivity contribution in [2.45, 2.75) is 63.6 Å². The number of likely N-dealkylation sites (N-methyl/N-ethyl adjacent to an activating group) is 1. The molecule has 0 aromatic rings. The van der Waals surface area contributed by atoms with Gasteiger partial charge in [-0.1, -0.05) is 13.3 Å². The maximum Gasteiger partial charge on any atom is 0.0587 e. The third kappa shape index (κ3) is 3.94. The minimum atomic E-state index is 0.491. The number of likely N-dealkylation sites (tertiary alicyclic amines) is 1. The highest BCUT2D eigenvalue weighted by atomic mass is 16.5. The Morgan fingerprint density at radius 1 is 1.29 bits per heavy atom. The first kappa shape index (κ1) is 13.3. The summed E-state index contributed by atoms with van der Waals surface area (Å²) in [5, 5.41) is 3.76. The lowest BCUT2D eigenvalue weighted by atomic mass is 9.99. The quantitative estimate of drug-likeness (QED) is 0.813. The van der Waals surface area contributed by atoms with Crippen LogP contribution in [0.5, 0.6) is 0 Å². The molecule has 17 heavy (non-hydrogen) atoms. The van der Waals surface area contributed by atoms with Crippen molar-refractivity contribution in [1.82, 2.24) is 10.2 Å². The van der Waals surface area contributed by atoms with Crippen LogP contribution in [0, 0.1) is 0 Å². The first-order chi connectivity index (χ1) is 8.29. The second kappa shape index (κ2) is 6.72. The first-order valence-electron chi connectivity index (χ1n) is 7.34. The average molecular weight is 240 g/mol. The number of nitrogens with one attached hydrogen (secondary N) is 1. The van der Waals surface area contributed by atoms with Gasteiger partial charge in [0, 0.05) is 25.2 Å². The number of nitrogens with zero attached hydrogens (tertiary/aromatic N) is 1. The van der Waals surface area contributed by atoms with Crippen molar-refractivity contribution >= 4 is 0 Å². The summed E-state index contributed by atoms with van der Waals surface area (Å²) >= 11 is 0. The van der Waals surface area contributed by atoms with Gasteiger partial charge in [0.05, 0.1) is 6.10 Å². The van der Waals surface area contributed by atoms with Crippen LogP contribution < -0.4 is 5.32 Å². The first-order valence-corrected chi connectivity index (χ1v) is 7.34. The number of rotatable bonds is 4. The monoisotopic (exact) mass is 240 g/mol. The molecule has 2 rings (SSSR count). The molecule has 0 aliphatic carbocycles. The van der Waals surface area contributed by atoms with Gasteiger partial charge in [0.2, 0.25) is 0 Å². The van der Waals surface area contributed by atoms with Gasteiger partial charge in [0.1, 0.15) is 0 Å².